The summed E-state index contributed by atoms with van der Waals surface area (Å²) in [6.07, 6.45) is 6.06. The molecule has 2 aliphatic heterocycles. The first-order valence-electron chi connectivity index (χ1n) is 7.25. The summed E-state index contributed by atoms with van der Waals surface area (Å²) in [5.41, 5.74) is 0. The van der Waals surface area contributed by atoms with E-state index >= 15 is 0 Å². The molecule has 0 aliphatic carbocycles. The fraction of sp³-hybridized carbons (Fsp3) is 0.714. The van der Waals surface area contributed by atoms with Crippen LogP contribution in [0.5, 0.6) is 0 Å². The molecule has 6 heteroatoms. The van der Waals surface area contributed by atoms with Gasteiger partial charge < -0.3 is 20.6 Å². The first-order valence-corrected chi connectivity index (χ1v) is 7.25. The number of carbonyl (C=O) groups excluding carboxylic acids is 1. The molecule has 112 valence electrons. The van der Waals surface area contributed by atoms with Crippen molar-refractivity contribution < 1.29 is 14.7 Å². The molecule has 6 nitrogen and oxygen atoms in total. The first kappa shape index (κ1) is 14.8. The highest BCUT2D eigenvalue weighted by Gasteiger charge is 2.32. The summed E-state index contributed by atoms with van der Waals surface area (Å²) in [5.74, 6) is -1.04. The Bertz CT molecular complexity index is 386. The van der Waals surface area contributed by atoms with Gasteiger partial charge in [0.15, 0.2) is 0 Å². The number of urea groups is 1. The highest BCUT2D eigenvalue weighted by molar-refractivity contribution is 5.82. The minimum atomic E-state index is -1.04. The van der Waals surface area contributed by atoms with Crippen molar-refractivity contribution in [3.8, 4) is 0 Å². The Kier molecular flexibility index (Phi) is 5.00. The molecule has 3 N–H and O–H groups in total. The summed E-state index contributed by atoms with van der Waals surface area (Å²) in [6, 6.07) is -0.570. The number of hydrogen-bond donors (Lipinski definition) is 3. The van der Waals surface area contributed by atoms with Crippen LogP contribution in [0.2, 0.25) is 0 Å². The van der Waals surface area contributed by atoms with E-state index in [4.69, 9.17) is 5.11 Å². The van der Waals surface area contributed by atoms with Crippen molar-refractivity contribution in [2.75, 3.05) is 13.1 Å². The number of aliphatic carboxylic acids is 1. The van der Waals surface area contributed by atoms with Crippen LogP contribution in [0, 0.1) is 0 Å². The smallest absolute Gasteiger partial charge is 0.326 e. The predicted octanol–water partition coefficient (Wildman–Crippen LogP) is 0.942. The van der Waals surface area contributed by atoms with Crippen LogP contribution in [0.4, 0.5) is 4.79 Å². The van der Waals surface area contributed by atoms with E-state index in [1.165, 1.54) is 25.5 Å². The third kappa shape index (κ3) is 3.72. The Morgan fingerprint density at radius 3 is 2.90 bits per heavy atom. The van der Waals surface area contributed by atoms with Gasteiger partial charge in [-0.2, -0.15) is 0 Å². The number of nitrogens with one attached hydrogen (secondary N) is 2. The molecule has 0 bridgehead atoms. The van der Waals surface area contributed by atoms with Crippen molar-refractivity contribution >= 4 is 12.0 Å². The number of hydrogen-bond acceptors (Lipinski definition) is 3. The van der Waals surface area contributed by atoms with E-state index in [0.29, 0.717) is 6.04 Å². The molecule has 0 aromatic carbocycles. The van der Waals surface area contributed by atoms with E-state index in [1.807, 2.05) is 0 Å². The number of carboxylic acids is 1. The largest absolute Gasteiger partial charge is 0.480 e. The van der Waals surface area contributed by atoms with E-state index in [-0.39, 0.29) is 12.5 Å². The lowest BCUT2D eigenvalue weighted by Crippen LogP contribution is -2.52. The normalized spacial score (nSPS) is 27.4. The van der Waals surface area contributed by atoms with Gasteiger partial charge in [-0.3, -0.25) is 0 Å². The Balaban J connectivity index is 1.79. The highest BCUT2D eigenvalue weighted by atomic mass is 16.4. The van der Waals surface area contributed by atoms with Crippen LogP contribution in [0.3, 0.4) is 0 Å². The van der Waals surface area contributed by atoms with Gasteiger partial charge in [-0.25, -0.2) is 9.59 Å². The van der Waals surface area contributed by atoms with E-state index in [1.54, 1.807) is 0 Å². The standard InChI is InChI=1S/C14H23N3O3/c1-2-4-12(13(18)19)16-14(20)15-10-6-8-17-7-3-5-11(17)9-10/h2,10-12H,1,3-9H2,(H,18,19)(H2,15,16,20). The van der Waals surface area contributed by atoms with E-state index < -0.39 is 18.0 Å². The molecule has 2 aliphatic rings. The summed E-state index contributed by atoms with van der Waals surface area (Å²) in [6.45, 7) is 5.69. The predicted molar refractivity (Wildman–Crippen MR) is 75.5 cm³/mol. The monoisotopic (exact) mass is 281 g/mol. The van der Waals surface area contributed by atoms with Gasteiger partial charge in [-0.15, -0.1) is 6.58 Å². The van der Waals surface area contributed by atoms with Gasteiger partial charge in [0.05, 0.1) is 0 Å². The zero-order valence-corrected chi connectivity index (χ0v) is 11.7. The number of piperidine rings is 1. The van der Waals surface area contributed by atoms with Crippen molar-refractivity contribution in [1.29, 1.82) is 0 Å². The molecular formula is C14H23N3O3. The number of amides is 2. The van der Waals surface area contributed by atoms with Crippen LogP contribution < -0.4 is 10.6 Å². The van der Waals surface area contributed by atoms with Gasteiger partial charge in [0.25, 0.3) is 0 Å². The maximum Gasteiger partial charge on any atom is 0.326 e. The van der Waals surface area contributed by atoms with Crippen LogP contribution in [0.15, 0.2) is 12.7 Å². The molecule has 0 aromatic heterocycles. The molecule has 20 heavy (non-hydrogen) atoms. The molecule has 2 saturated heterocycles. The second-order valence-electron chi connectivity index (χ2n) is 5.59. The number of carboxylic acid groups (broad SMARTS) is 1. The lowest BCUT2D eigenvalue weighted by molar-refractivity contribution is -0.139. The number of rotatable bonds is 5. The van der Waals surface area contributed by atoms with Gasteiger partial charge >= 0.3 is 12.0 Å². The average Bonchev–Trinajstić information content (AvgIpc) is 2.85. The summed E-state index contributed by atoms with van der Waals surface area (Å²) in [4.78, 5) is 25.3. The lowest BCUT2D eigenvalue weighted by Gasteiger charge is -2.35. The fourth-order valence-electron chi connectivity index (χ4n) is 3.13. The Labute approximate surface area is 119 Å². The van der Waals surface area contributed by atoms with Crippen molar-refractivity contribution in [2.24, 2.45) is 0 Å². The lowest BCUT2D eigenvalue weighted by atomic mass is 9.98. The van der Waals surface area contributed by atoms with Crippen molar-refractivity contribution in [3.05, 3.63) is 12.7 Å². The summed E-state index contributed by atoms with van der Waals surface area (Å²) in [7, 11) is 0. The Hall–Kier alpha value is -1.56. The number of nitrogens with zero attached hydrogens (tertiary/aromatic N) is 1. The molecular weight excluding hydrogens is 258 g/mol. The van der Waals surface area contributed by atoms with Crippen LogP contribution in [0.25, 0.3) is 0 Å². The van der Waals surface area contributed by atoms with Gasteiger partial charge in [-0.1, -0.05) is 6.08 Å². The molecule has 0 spiro atoms. The quantitative estimate of drug-likeness (QED) is 0.655. The molecule has 3 unspecified atom stereocenters. The summed E-state index contributed by atoms with van der Waals surface area (Å²) in [5, 5.41) is 14.4. The van der Waals surface area contributed by atoms with Gasteiger partial charge in [0, 0.05) is 18.6 Å². The molecule has 2 fully saturated rings. The Morgan fingerprint density at radius 1 is 1.40 bits per heavy atom. The van der Waals surface area contributed by atoms with Crippen LogP contribution >= 0.6 is 0 Å². The molecule has 2 rings (SSSR count). The third-order valence-electron chi connectivity index (χ3n) is 4.16. The number of carbonyl (C=O) groups is 2. The second kappa shape index (κ2) is 6.74. The maximum atomic E-state index is 11.9. The van der Waals surface area contributed by atoms with Crippen molar-refractivity contribution in [1.82, 2.24) is 15.5 Å². The van der Waals surface area contributed by atoms with Gasteiger partial charge in [0.1, 0.15) is 6.04 Å². The van der Waals surface area contributed by atoms with Gasteiger partial charge in [0.2, 0.25) is 0 Å². The molecule has 2 heterocycles. The zero-order chi connectivity index (χ0) is 14.5. The van der Waals surface area contributed by atoms with Gasteiger partial charge in [-0.05, 0) is 38.6 Å². The van der Waals surface area contributed by atoms with E-state index in [9.17, 15) is 9.59 Å². The minimum Gasteiger partial charge on any atom is -0.480 e. The van der Waals surface area contributed by atoms with Crippen LogP contribution in [-0.4, -0.2) is 53.2 Å². The fourth-order valence-corrected chi connectivity index (χ4v) is 3.13. The van der Waals surface area contributed by atoms with Crippen molar-refractivity contribution in [3.63, 3.8) is 0 Å². The third-order valence-corrected chi connectivity index (χ3v) is 4.16. The van der Waals surface area contributed by atoms with Crippen LogP contribution in [-0.2, 0) is 4.79 Å². The van der Waals surface area contributed by atoms with Crippen molar-refractivity contribution in [2.45, 2.75) is 50.2 Å². The molecule has 0 saturated carbocycles. The summed E-state index contributed by atoms with van der Waals surface area (Å²) >= 11 is 0. The van der Waals surface area contributed by atoms with E-state index in [2.05, 4.69) is 22.1 Å². The first-order chi connectivity index (χ1) is 9.60. The van der Waals surface area contributed by atoms with E-state index in [0.717, 1.165) is 19.4 Å². The molecule has 2 amide bonds. The highest BCUT2D eigenvalue weighted by Crippen LogP contribution is 2.26. The van der Waals surface area contributed by atoms with Crippen LogP contribution in [0.1, 0.15) is 32.1 Å². The molecule has 3 atom stereocenters. The average molecular weight is 281 g/mol. The maximum absolute atomic E-state index is 11.9. The minimum absolute atomic E-state index is 0.146. The zero-order valence-electron chi connectivity index (χ0n) is 11.7. The second-order valence-corrected chi connectivity index (χ2v) is 5.59. The SMILES string of the molecule is C=CCC(NC(=O)NC1CCN2CCCC2C1)C(=O)O. The molecule has 0 radical (unpaired) electrons. The number of fused-ring (bicyclic) bond motifs is 1. The Morgan fingerprint density at radius 2 is 2.20 bits per heavy atom. The molecule has 0 aromatic rings. The topological polar surface area (TPSA) is 81.7 Å². The summed E-state index contributed by atoms with van der Waals surface area (Å²) < 4.78 is 0.